The number of hydroxylamine groups is 10. The van der Waals surface area contributed by atoms with Gasteiger partial charge < -0.3 is 70.1 Å². The number of unbranched alkanes of at least 4 members (excludes halogenated alkanes) is 14. The quantitative estimate of drug-likeness (QED) is 0.0329. The van der Waals surface area contributed by atoms with E-state index in [-0.39, 0.29) is 30.2 Å². The van der Waals surface area contributed by atoms with E-state index in [1.54, 1.807) is 25.3 Å². The molecule has 0 aliphatic carbocycles. The van der Waals surface area contributed by atoms with Crippen LogP contribution >= 0.6 is 0 Å². The number of anilines is 9. The van der Waals surface area contributed by atoms with Gasteiger partial charge in [-0.05, 0) is 280 Å². The van der Waals surface area contributed by atoms with Gasteiger partial charge in [0, 0.05) is 171 Å². The van der Waals surface area contributed by atoms with Gasteiger partial charge >= 0.3 is 0 Å². The van der Waals surface area contributed by atoms with Crippen LogP contribution in [0.25, 0.3) is 0 Å². The lowest BCUT2D eigenvalue weighted by atomic mass is 9.78. The smallest absolute Gasteiger partial charge is 0.232 e. The molecule has 8 rings (SSSR count). The van der Waals surface area contributed by atoms with Crippen molar-refractivity contribution in [3.8, 4) is 0 Å². The Morgan fingerprint density at radius 3 is 0.535 bits per heavy atom. The third kappa shape index (κ3) is 28.0. The van der Waals surface area contributed by atoms with Crippen molar-refractivity contribution >= 4 is 53.5 Å². The summed E-state index contributed by atoms with van der Waals surface area (Å²) >= 11 is 0. The Morgan fingerprint density at radius 1 is 0.205 bits per heavy atom. The molecule has 8 heterocycles. The molecular weight excluding hydrogens is 1590 g/mol. The molecule has 28 nitrogen and oxygen atoms in total. The molecular formula is C99H189N23O5. The summed E-state index contributed by atoms with van der Waals surface area (Å²) in [6.07, 6.45) is 31.1. The Balaban J connectivity index is 1.23. The zero-order valence-electron chi connectivity index (χ0n) is 86.4. The second-order valence-electron chi connectivity index (χ2n) is 45.7. The summed E-state index contributed by atoms with van der Waals surface area (Å²) in [5, 5.41) is 68.3. The fourth-order valence-corrected chi connectivity index (χ4v) is 22.4. The van der Waals surface area contributed by atoms with Crippen molar-refractivity contribution in [2.75, 3.05) is 130 Å². The number of hydrogen-bond acceptors (Lipinski definition) is 28. The van der Waals surface area contributed by atoms with E-state index in [4.69, 9.17) is 44.9 Å². The molecule has 3 aromatic rings. The lowest BCUT2D eigenvalue weighted by Gasteiger charge is -2.54. The van der Waals surface area contributed by atoms with Crippen molar-refractivity contribution in [1.29, 1.82) is 0 Å². The Kier molecular flexibility index (Phi) is 39.0. The standard InChI is InChI=1S/C99H189N23O5/c1-30-38-54-109(29)81-100-82(110(55-39-31-2)56-40-32-3)103-85(101-81)114(77-68-92(13,14)119(124)93(15,16)69-77)62-50-46-48-52-64-116(79-72-96(21,22)121(126)97(23,24)73-79)88-106-87(113(61-45-37-8)76-66-90(9,10)118(123)91(11,12)67-76)107-89(108-88)117(80-74-98(25,26)122(127)99(27,28)75-80)65-53-49-47-51-63-115(78-70-94(17,18)120(125)95(19,20)71-78)86-104-83(111(57-41-33-4)58-42-34-5)102-84(105-86)112(59-43-35-6)60-44-36-7/h76-80,123-127H,30-75H2,1-29H3. The number of piperidine rings is 5. The van der Waals surface area contributed by atoms with Crippen LogP contribution in [-0.2, 0) is 0 Å². The van der Waals surface area contributed by atoms with Gasteiger partial charge in [0.05, 0.1) is 0 Å². The van der Waals surface area contributed by atoms with Gasteiger partial charge in [-0.25, -0.2) is 0 Å². The van der Waals surface area contributed by atoms with Crippen LogP contribution in [0, 0.1) is 0 Å². The molecule has 5 saturated heterocycles. The molecule has 0 atom stereocenters. The van der Waals surface area contributed by atoms with Gasteiger partial charge in [-0.3, -0.25) is 0 Å². The van der Waals surface area contributed by atoms with Crippen molar-refractivity contribution in [2.24, 2.45) is 0 Å². The van der Waals surface area contributed by atoms with Crippen LogP contribution < -0.4 is 44.1 Å². The van der Waals surface area contributed by atoms with E-state index >= 15 is 0 Å². The average molecular weight is 1780 g/mol. The van der Waals surface area contributed by atoms with Gasteiger partial charge in [-0.2, -0.15) is 70.2 Å². The lowest BCUT2D eigenvalue weighted by molar-refractivity contribution is -0.244. The summed E-state index contributed by atoms with van der Waals surface area (Å²) in [7, 11) is 2.13. The van der Waals surface area contributed by atoms with E-state index in [0.717, 1.165) is 269 Å². The Bertz CT molecular complexity index is 3600. The third-order valence-electron chi connectivity index (χ3n) is 28.9. The van der Waals surface area contributed by atoms with Gasteiger partial charge in [0.15, 0.2) is 0 Å². The van der Waals surface area contributed by atoms with E-state index < -0.39 is 55.4 Å². The molecule has 28 heteroatoms. The summed E-state index contributed by atoms with van der Waals surface area (Å²) in [4.78, 5) is 72.8. The topological polar surface area (TPSA) is 263 Å². The number of hydrogen-bond donors (Lipinski definition) is 5. The number of rotatable bonds is 52. The van der Waals surface area contributed by atoms with Crippen LogP contribution in [0.5, 0.6) is 0 Å². The normalized spacial score (nSPS) is 21.0. The first kappa shape index (κ1) is 107. The van der Waals surface area contributed by atoms with E-state index in [1.165, 1.54) is 0 Å². The first-order valence-electron chi connectivity index (χ1n) is 51.1. The highest BCUT2D eigenvalue weighted by molar-refractivity contribution is 5.52. The molecule has 0 radical (unpaired) electrons. The highest BCUT2D eigenvalue weighted by Gasteiger charge is 2.53. The minimum atomic E-state index is -0.597. The zero-order valence-corrected chi connectivity index (χ0v) is 86.4. The van der Waals surface area contributed by atoms with E-state index in [1.807, 2.05) is 0 Å². The fourth-order valence-electron chi connectivity index (χ4n) is 22.4. The van der Waals surface area contributed by atoms with E-state index in [9.17, 15) is 26.0 Å². The van der Waals surface area contributed by atoms with Crippen LogP contribution in [-0.4, -0.2) is 267 Å². The van der Waals surface area contributed by atoms with Gasteiger partial charge in [0.1, 0.15) is 0 Å². The fraction of sp³-hybridized carbons (Fsp3) is 0.909. The molecule has 0 bridgehead atoms. The first-order chi connectivity index (χ1) is 59.5. The van der Waals surface area contributed by atoms with Gasteiger partial charge in [0.25, 0.3) is 0 Å². The molecule has 0 aromatic carbocycles. The maximum atomic E-state index is 12.2. The Hall–Kier alpha value is -5.17. The monoisotopic (exact) mass is 1780 g/mol. The Labute approximate surface area is 773 Å². The molecule has 127 heavy (non-hydrogen) atoms. The Morgan fingerprint density at radius 2 is 0.346 bits per heavy atom. The maximum absolute atomic E-state index is 12.2. The number of aromatic nitrogens is 9. The minimum absolute atomic E-state index is 0.0201. The number of nitrogens with zero attached hydrogens (tertiary/aromatic N) is 23. The summed E-state index contributed by atoms with van der Waals surface area (Å²) < 4.78 is 0. The highest BCUT2D eigenvalue weighted by Crippen LogP contribution is 2.47. The van der Waals surface area contributed by atoms with Crippen molar-refractivity contribution in [1.82, 2.24) is 70.2 Å². The summed E-state index contributed by atoms with van der Waals surface area (Å²) in [6.45, 7) is 71.1. The van der Waals surface area contributed by atoms with Crippen molar-refractivity contribution in [3.63, 3.8) is 0 Å². The van der Waals surface area contributed by atoms with Gasteiger partial charge in [-0.15, -0.1) is 0 Å². The van der Waals surface area contributed by atoms with Gasteiger partial charge in [0.2, 0.25) is 53.5 Å². The molecule has 5 aliphatic heterocycles. The van der Waals surface area contributed by atoms with Crippen LogP contribution in [0.4, 0.5) is 53.5 Å². The largest absolute Gasteiger partial charge is 0.344 e. The summed E-state index contributed by atoms with van der Waals surface area (Å²) in [6, 6.07) is -0.0694. The lowest BCUT2D eigenvalue weighted by Crippen LogP contribution is -2.64. The molecule has 0 unspecified atom stereocenters. The molecule has 5 aliphatic rings. The van der Waals surface area contributed by atoms with E-state index in [2.05, 4.69) is 245 Å². The molecule has 3 aromatic heterocycles. The summed E-state index contributed by atoms with van der Waals surface area (Å²) in [5.41, 5.74) is -5.55. The second-order valence-corrected chi connectivity index (χ2v) is 45.7. The highest BCUT2D eigenvalue weighted by atomic mass is 16.5. The van der Waals surface area contributed by atoms with Gasteiger partial charge in [-0.1, -0.05) is 132 Å². The minimum Gasteiger partial charge on any atom is -0.344 e. The van der Waals surface area contributed by atoms with Crippen LogP contribution in [0.1, 0.15) is 412 Å². The van der Waals surface area contributed by atoms with Crippen molar-refractivity contribution < 1.29 is 26.0 Å². The predicted molar refractivity (Wildman–Crippen MR) is 526 cm³/mol. The molecule has 0 saturated carbocycles. The van der Waals surface area contributed by atoms with E-state index in [0.29, 0.717) is 81.4 Å². The van der Waals surface area contributed by atoms with Crippen molar-refractivity contribution in [2.45, 2.75) is 498 Å². The molecule has 0 spiro atoms. The molecule has 5 N–H and O–H groups in total. The van der Waals surface area contributed by atoms with Crippen molar-refractivity contribution in [3.05, 3.63) is 0 Å². The molecule has 0 amide bonds. The third-order valence-corrected chi connectivity index (χ3v) is 28.9. The second kappa shape index (κ2) is 46.2. The molecule has 730 valence electrons. The zero-order chi connectivity index (χ0) is 94.1. The predicted octanol–water partition coefficient (Wildman–Crippen LogP) is 21.1. The SMILES string of the molecule is CCCCN(C)c1nc(N(CCCC)CCCC)nc(N(CCCCCCN(c2nc(N(CCCC)C3CC(C)(C)N(O)C(C)(C)C3)nc(N(CCCCCCN(c3nc(N(CCCC)CCCC)nc(N(CCCC)CCCC)n3)C3CC(C)(C)N(O)C(C)(C)C3)C3CC(C)(C)N(O)C(C)(C)C3)n2)C2CC(C)(C)N(O)C(C)(C)C2)C2CC(C)(C)N(O)C(C)(C)C2)n1. The molecule has 5 fully saturated rings. The van der Waals surface area contributed by atoms with Crippen LogP contribution in [0.3, 0.4) is 0 Å². The average Bonchev–Trinajstić information content (AvgIpc) is 0.758. The summed E-state index contributed by atoms with van der Waals surface area (Å²) in [5.74, 6) is 6.40. The maximum Gasteiger partial charge on any atom is 0.232 e. The first-order valence-corrected chi connectivity index (χ1v) is 51.1. The van der Waals surface area contributed by atoms with Crippen LogP contribution in [0.2, 0.25) is 0 Å². The van der Waals surface area contributed by atoms with Crippen LogP contribution in [0.15, 0.2) is 0 Å².